The molecule has 166 valence electrons. The van der Waals surface area contributed by atoms with E-state index in [1.165, 1.54) is 6.07 Å². The lowest BCUT2D eigenvalue weighted by Crippen LogP contribution is -2.11. The fraction of sp³-hybridized carbons (Fsp3) is 0.231. The zero-order chi connectivity index (χ0) is 22.9. The fourth-order valence-electron chi connectivity index (χ4n) is 2.84. The molecule has 0 amide bonds. The Hall–Kier alpha value is -3.12. The molecule has 0 aliphatic rings. The summed E-state index contributed by atoms with van der Waals surface area (Å²) in [5.74, 6) is 0.326. The normalized spacial score (nSPS) is 10.6. The van der Waals surface area contributed by atoms with Gasteiger partial charge in [0.1, 0.15) is 11.5 Å². The van der Waals surface area contributed by atoms with Gasteiger partial charge in [0.05, 0.1) is 28.8 Å². The van der Waals surface area contributed by atoms with Crippen molar-refractivity contribution in [3.05, 3.63) is 94.0 Å². The smallest absolute Gasteiger partial charge is 0.343 e. The third-order valence-corrected chi connectivity index (χ3v) is 5.11. The second kappa shape index (κ2) is 11.5. The van der Waals surface area contributed by atoms with Crippen LogP contribution in [0.5, 0.6) is 11.5 Å². The molecule has 0 aliphatic carbocycles. The number of hydrogen-bond acceptors (Lipinski definition) is 5. The van der Waals surface area contributed by atoms with Crippen LogP contribution in [-0.4, -0.2) is 25.2 Å². The van der Waals surface area contributed by atoms with Crippen molar-refractivity contribution in [3.63, 3.8) is 0 Å². The lowest BCUT2D eigenvalue weighted by molar-refractivity contribution is 0.0507. The molecule has 0 radical (unpaired) electrons. The molecule has 0 heterocycles. The topological polar surface area (TPSA) is 61.8 Å². The van der Waals surface area contributed by atoms with Crippen LogP contribution >= 0.6 is 15.9 Å². The predicted octanol–water partition coefficient (Wildman–Crippen LogP) is 6.10. The minimum Gasteiger partial charge on any atom is -0.492 e. The van der Waals surface area contributed by atoms with Gasteiger partial charge >= 0.3 is 11.9 Å². The molecule has 6 heteroatoms. The molecule has 0 saturated carbocycles. The highest BCUT2D eigenvalue weighted by Crippen LogP contribution is 2.27. The largest absolute Gasteiger partial charge is 0.492 e. The van der Waals surface area contributed by atoms with Gasteiger partial charge in [-0.2, -0.15) is 0 Å². The lowest BCUT2D eigenvalue weighted by Gasteiger charge is -2.11. The molecular weight excluding hydrogens is 472 g/mol. The van der Waals surface area contributed by atoms with Crippen molar-refractivity contribution >= 4 is 27.9 Å². The van der Waals surface area contributed by atoms with Crippen molar-refractivity contribution < 1.29 is 23.8 Å². The molecule has 0 atom stereocenters. The molecule has 32 heavy (non-hydrogen) atoms. The first-order valence-corrected chi connectivity index (χ1v) is 11.2. The van der Waals surface area contributed by atoms with Gasteiger partial charge in [0.2, 0.25) is 0 Å². The first kappa shape index (κ1) is 23.5. The maximum absolute atomic E-state index is 12.6. The third-order valence-electron chi connectivity index (χ3n) is 4.49. The van der Waals surface area contributed by atoms with E-state index < -0.39 is 11.9 Å². The number of hydrogen-bond donors (Lipinski definition) is 0. The van der Waals surface area contributed by atoms with Gasteiger partial charge in [0, 0.05) is 6.42 Å². The van der Waals surface area contributed by atoms with E-state index in [9.17, 15) is 9.59 Å². The Bertz CT molecular complexity index is 1060. The van der Waals surface area contributed by atoms with Crippen LogP contribution in [-0.2, 0) is 11.2 Å². The van der Waals surface area contributed by atoms with Crippen molar-refractivity contribution in [2.24, 2.45) is 5.92 Å². The summed E-state index contributed by atoms with van der Waals surface area (Å²) in [7, 11) is 0. The Labute approximate surface area is 196 Å². The molecular formula is C26H25BrO5. The van der Waals surface area contributed by atoms with Gasteiger partial charge in [0.25, 0.3) is 0 Å². The zero-order valence-electron chi connectivity index (χ0n) is 18.0. The minimum atomic E-state index is -0.532. The molecule has 0 bridgehead atoms. The van der Waals surface area contributed by atoms with Crippen LogP contribution in [0.4, 0.5) is 0 Å². The Balaban J connectivity index is 1.58. The molecule has 0 fully saturated rings. The monoisotopic (exact) mass is 496 g/mol. The molecule has 0 unspecified atom stereocenters. The number of carbonyl (C=O) groups is 2. The number of ether oxygens (including phenoxy) is 3. The molecule has 0 N–H and O–H groups in total. The van der Waals surface area contributed by atoms with E-state index >= 15 is 0 Å². The molecule has 0 aliphatic heterocycles. The highest BCUT2D eigenvalue weighted by Gasteiger charge is 2.14. The number of carbonyl (C=O) groups excluding carboxylic acids is 2. The van der Waals surface area contributed by atoms with E-state index in [-0.39, 0.29) is 12.4 Å². The molecule has 3 rings (SSSR count). The highest BCUT2D eigenvalue weighted by atomic mass is 79.9. The molecule has 3 aromatic rings. The summed E-state index contributed by atoms with van der Waals surface area (Å²) < 4.78 is 17.2. The van der Waals surface area contributed by atoms with Crippen LogP contribution in [0.15, 0.2) is 77.3 Å². The van der Waals surface area contributed by atoms with Crippen LogP contribution in [0.25, 0.3) is 0 Å². The first-order valence-electron chi connectivity index (χ1n) is 10.4. The molecule has 0 aromatic heterocycles. The summed E-state index contributed by atoms with van der Waals surface area (Å²) in [6, 6.07) is 21.2. The van der Waals surface area contributed by atoms with Crippen LogP contribution in [0.2, 0.25) is 0 Å². The lowest BCUT2D eigenvalue weighted by atomic mass is 10.2. The van der Waals surface area contributed by atoms with Gasteiger partial charge in [-0.25, -0.2) is 9.59 Å². The fourth-order valence-corrected chi connectivity index (χ4v) is 3.34. The second-order valence-corrected chi connectivity index (χ2v) is 8.49. The zero-order valence-corrected chi connectivity index (χ0v) is 19.6. The Kier molecular flexibility index (Phi) is 8.45. The summed E-state index contributed by atoms with van der Waals surface area (Å²) in [5.41, 5.74) is 1.78. The van der Waals surface area contributed by atoms with Crippen molar-refractivity contribution in [3.8, 4) is 11.5 Å². The SMILES string of the molecule is CC(C)COc1ccc(C(=O)Oc2cccc(C(=O)OCCc3ccccc3)c2)cc1Br. The summed E-state index contributed by atoms with van der Waals surface area (Å²) in [6.07, 6.45) is 0.632. The Morgan fingerprint density at radius 2 is 1.62 bits per heavy atom. The minimum absolute atomic E-state index is 0.267. The molecule has 5 nitrogen and oxygen atoms in total. The predicted molar refractivity (Wildman–Crippen MR) is 126 cm³/mol. The van der Waals surface area contributed by atoms with Crippen molar-refractivity contribution in [2.75, 3.05) is 13.2 Å². The van der Waals surface area contributed by atoms with Gasteiger partial charge in [-0.1, -0.05) is 50.2 Å². The second-order valence-electron chi connectivity index (χ2n) is 7.64. The maximum atomic E-state index is 12.6. The highest BCUT2D eigenvalue weighted by molar-refractivity contribution is 9.10. The van der Waals surface area contributed by atoms with E-state index in [4.69, 9.17) is 14.2 Å². The third kappa shape index (κ3) is 6.95. The van der Waals surface area contributed by atoms with E-state index in [1.54, 1.807) is 36.4 Å². The number of benzene rings is 3. The summed E-state index contributed by atoms with van der Waals surface area (Å²) in [6.45, 7) is 4.97. The van der Waals surface area contributed by atoms with E-state index in [1.807, 2.05) is 30.3 Å². The molecule has 0 saturated heterocycles. The maximum Gasteiger partial charge on any atom is 0.343 e. The summed E-state index contributed by atoms with van der Waals surface area (Å²) in [5, 5.41) is 0. The van der Waals surface area contributed by atoms with Gasteiger partial charge in [-0.15, -0.1) is 0 Å². The van der Waals surface area contributed by atoms with E-state index in [2.05, 4.69) is 29.8 Å². The van der Waals surface area contributed by atoms with Gasteiger partial charge in [0.15, 0.2) is 0 Å². The van der Waals surface area contributed by atoms with E-state index in [0.29, 0.717) is 40.3 Å². The van der Waals surface area contributed by atoms with Gasteiger partial charge < -0.3 is 14.2 Å². The van der Waals surface area contributed by atoms with Crippen molar-refractivity contribution in [1.29, 1.82) is 0 Å². The summed E-state index contributed by atoms with van der Waals surface area (Å²) >= 11 is 3.43. The van der Waals surface area contributed by atoms with Gasteiger partial charge in [-0.3, -0.25) is 0 Å². The number of esters is 2. The average molecular weight is 497 g/mol. The average Bonchev–Trinajstić information content (AvgIpc) is 2.79. The van der Waals surface area contributed by atoms with Crippen molar-refractivity contribution in [1.82, 2.24) is 0 Å². The van der Waals surface area contributed by atoms with Crippen molar-refractivity contribution in [2.45, 2.75) is 20.3 Å². The first-order chi connectivity index (χ1) is 15.4. The Morgan fingerprint density at radius 1 is 0.875 bits per heavy atom. The van der Waals surface area contributed by atoms with E-state index in [0.717, 1.165) is 5.56 Å². The van der Waals surface area contributed by atoms with Crippen LogP contribution < -0.4 is 9.47 Å². The standard InChI is InChI=1S/C26H25BrO5/c1-18(2)17-31-24-12-11-21(16-23(24)27)26(29)32-22-10-6-9-20(15-22)25(28)30-14-13-19-7-4-3-5-8-19/h3-12,15-16,18H,13-14,17H2,1-2H3. The quantitative estimate of drug-likeness (QED) is 0.264. The van der Waals surface area contributed by atoms with Crippen LogP contribution in [0, 0.1) is 5.92 Å². The number of halogens is 1. The number of rotatable bonds is 9. The Morgan fingerprint density at radius 3 is 2.34 bits per heavy atom. The summed E-state index contributed by atoms with van der Waals surface area (Å²) in [4.78, 5) is 24.9. The van der Waals surface area contributed by atoms with Crippen LogP contribution in [0.3, 0.4) is 0 Å². The molecule has 0 spiro atoms. The molecule has 3 aromatic carbocycles. The van der Waals surface area contributed by atoms with Crippen LogP contribution in [0.1, 0.15) is 40.1 Å². The van der Waals surface area contributed by atoms with Gasteiger partial charge in [-0.05, 0) is 63.8 Å².